The lowest BCUT2D eigenvalue weighted by Crippen LogP contribution is -1.90. The molecule has 0 aliphatic carbocycles. The maximum atomic E-state index is 4.26. The van der Waals surface area contributed by atoms with Crippen molar-refractivity contribution in [2.45, 2.75) is 26.2 Å². The highest BCUT2D eigenvalue weighted by Gasteiger charge is 2.06. The van der Waals surface area contributed by atoms with Gasteiger partial charge in [0.25, 0.3) is 0 Å². The van der Waals surface area contributed by atoms with Gasteiger partial charge >= 0.3 is 0 Å². The zero-order valence-electron chi connectivity index (χ0n) is 8.04. The number of H-pyrrole nitrogens is 1. The highest BCUT2D eigenvalue weighted by atomic mass is 14.9. The van der Waals surface area contributed by atoms with Gasteiger partial charge < -0.3 is 4.98 Å². The Hall–Kier alpha value is -1.31. The molecule has 2 aromatic rings. The van der Waals surface area contributed by atoms with E-state index in [4.69, 9.17) is 0 Å². The third-order valence-electron chi connectivity index (χ3n) is 2.56. The minimum absolute atomic E-state index is 0.592. The first-order valence-corrected chi connectivity index (χ1v) is 4.75. The molecule has 0 aliphatic rings. The van der Waals surface area contributed by atoms with Crippen molar-refractivity contribution in [1.82, 2.24) is 9.97 Å². The summed E-state index contributed by atoms with van der Waals surface area (Å²) in [6.07, 6.45) is 2.98. The second kappa shape index (κ2) is 3.21. The highest BCUT2D eigenvalue weighted by Crippen LogP contribution is 2.21. The van der Waals surface area contributed by atoms with E-state index in [0.29, 0.717) is 5.92 Å². The molecule has 2 heteroatoms. The average Bonchev–Trinajstić information content (AvgIpc) is 2.59. The number of nitrogens with zero attached hydrogens (tertiary/aromatic N) is 1. The maximum Gasteiger partial charge on any atom is 0.137 e. The Balaban J connectivity index is 2.49. The number of rotatable bonds is 2. The third kappa shape index (κ3) is 1.44. The fourth-order valence-electron chi connectivity index (χ4n) is 1.46. The Morgan fingerprint density at radius 3 is 3.08 bits per heavy atom. The van der Waals surface area contributed by atoms with Crippen LogP contribution in [-0.2, 0) is 0 Å². The standard InChI is InChI=1S/C11H14N2/c1-3-8(2)10-7-9-5-4-6-12-11(9)13-10/h4-8H,3H2,1-2H3,(H,12,13). The van der Waals surface area contributed by atoms with Crippen LogP contribution in [0.5, 0.6) is 0 Å². The van der Waals surface area contributed by atoms with Crippen LogP contribution < -0.4 is 0 Å². The van der Waals surface area contributed by atoms with Gasteiger partial charge in [0.1, 0.15) is 5.65 Å². The van der Waals surface area contributed by atoms with Gasteiger partial charge in [-0.05, 0) is 30.5 Å². The first kappa shape index (κ1) is 8.30. The van der Waals surface area contributed by atoms with Gasteiger partial charge in [-0.15, -0.1) is 0 Å². The lowest BCUT2D eigenvalue weighted by atomic mass is 10.1. The van der Waals surface area contributed by atoms with E-state index in [1.807, 2.05) is 12.3 Å². The van der Waals surface area contributed by atoms with Crippen LogP contribution in [-0.4, -0.2) is 9.97 Å². The lowest BCUT2D eigenvalue weighted by Gasteiger charge is -2.03. The molecule has 0 fully saturated rings. The first-order valence-electron chi connectivity index (χ1n) is 4.75. The predicted molar refractivity (Wildman–Crippen MR) is 54.8 cm³/mol. The van der Waals surface area contributed by atoms with E-state index < -0.39 is 0 Å². The van der Waals surface area contributed by atoms with E-state index in [9.17, 15) is 0 Å². The predicted octanol–water partition coefficient (Wildman–Crippen LogP) is 3.08. The van der Waals surface area contributed by atoms with E-state index in [1.54, 1.807) is 0 Å². The quantitative estimate of drug-likeness (QED) is 0.744. The van der Waals surface area contributed by atoms with Gasteiger partial charge in [0.2, 0.25) is 0 Å². The average molecular weight is 174 g/mol. The van der Waals surface area contributed by atoms with Crippen molar-refractivity contribution in [1.29, 1.82) is 0 Å². The van der Waals surface area contributed by atoms with Gasteiger partial charge in [-0.1, -0.05) is 13.8 Å². The third-order valence-corrected chi connectivity index (χ3v) is 2.56. The summed E-state index contributed by atoms with van der Waals surface area (Å²) < 4.78 is 0. The summed E-state index contributed by atoms with van der Waals surface area (Å²) in [7, 11) is 0. The molecule has 13 heavy (non-hydrogen) atoms. The van der Waals surface area contributed by atoms with Crippen molar-refractivity contribution in [3.63, 3.8) is 0 Å². The molecular formula is C11H14N2. The highest BCUT2D eigenvalue weighted by molar-refractivity contribution is 5.76. The number of hydrogen-bond donors (Lipinski definition) is 1. The van der Waals surface area contributed by atoms with Gasteiger partial charge in [0.05, 0.1) is 0 Å². The molecule has 2 nitrogen and oxygen atoms in total. The fraction of sp³-hybridized carbons (Fsp3) is 0.364. The van der Waals surface area contributed by atoms with Gasteiger partial charge in [0.15, 0.2) is 0 Å². The molecule has 2 rings (SSSR count). The normalized spacial score (nSPS) is 13.4. The molecule has 68 valence electrons. The summed E-state index contributed by atoms with van der Waals surface area (Å²) >= 11 is 0. The lowest BCUT2D eigenvalue weighted by molar-refractivity contribution is 0.715. The zero-order valence-corrected chi connectivity index (χ0v) is 8.04. The van der Waals surface area contributed by atoms with E-state index >= 15 is 0 Å². The molecule has 0 saturated carbocycles. The largest absolute Gasteiger partial charge is 0.343 e. The first-order chi connectivity index (χ1) is 6.31. The molecule has 2 aromatic heterocycles. The Kier molecular flexibility index (Phi) is 2.05. The smallest absolute Gasteiger partial charge is 0.137 e. The molecule has 0 radical (unpaired) electrons. The van der Waals surface area contributed by atoms with Crippen LogP contribution >= 0.6 is 0 Å². The van der Waals surface area contributed by atoms with Crippen molar-refractivity contribution in [3.8, 4) is 0 Å². The van der Waals surface area contributed by atoms with Crippen LogP contribution in [0.2, 0.25) is 0 Å². The summed E-state index contributed by atoms with van der Waals surface area (Å²) in [6, 6.07) is 6.25. The Labute approximate surface area is 78.0 Å². The van der Waals surface area contributed by atoms with Crippen molar-refractivity contribution in [2.24, 2.45) is 0 Å². The molecule has 0 saturated heterocycles. The molecule has 0 aromatic carbocycles. The molecule has 2 heterocycles. The Bertz CT molecular complexity index is 370. The molecule has 1 unspecified atom stereocenters. The summed E-state index contributed by atoms with van der Waals surface area (Å²) in [4.78, 5) is 7.60. The minimum atomic E-state index is 0.592. The topological polar surface area (TPSA) is 28.7 Å². The molecular weight excluding hydrogens is 160 g/mol. The Morgan fingerprint density at radius 1 is 1.54 bits per heavy atom. The van der Waals surface area contributed by atoms with Crippen LogP contribution in [0, 0.1) is 0 Å². The van der Waals surface area contributed by atoms with E-state index in [0.717, 1.165) is 12.1 Å². The van der Waals surface area contributed by atoms with Crippen LogP contribution in [0.4, 0.5) is 0 Å². The maximum absolute atomic E-state index is 4.26. The van der Waals surface area contributed by atoms with Crippen molar-refractivity contribution < 1.29 is 0 Å². The summed E-state index contributed by atoms with van der Waals surface area (Å²) in [5, 5.41) is 1.21. The van der Waals surface area contributed by atoms with Crippen LogP contribution in [0.3, 0.4) is 0 Å². The van der Waals surface area contributed by atoms with E-state index in [2.05, 4.69) is 35.9 Å². The van der Waals surface area contributed by atoms with Gasteiger partial charge in [0, 0.05) is 17.3 Å². The fourth-order valence-corrected chi connectivity index (χ4v) is 1.46. The van der Waals surface area contributed by atoms with Crippen LogP contribution in [0.15, 0.2) is 24.4 Å². The number of nitrogens with one attached hydrogen (secondary N) is 1. The van der Waals surface area contributed by atoms with E-state index in [-0.39, 0.29) is 0 Å². The van der Waals surface area contributed by atoms with Gasteiger partial charge in [-0.25, -0.2) is 4.98 Å². The zero-order chi connectivity index (χ0) is 9.26. The van der Waals surface area contributed by atoms with Crippen molar-refractivity contribution in [2.75, 3.05) is 0 Å². The molecule has 0 aliphatic heterocycles. The number of aromatic nitrogens is 2. The van der Waals surface area contributed by atoms with Crippen molar-refractivity contribution in [3.05, 3.63) is 30.1 Å². The second-order valence-electron chi connectivity index (χ2n) is 3.48. The summed E-state index contributed by atoms with van der Waals surface area (Å²) in [5.41, 5.74) is 2.29. The van der Waals surface area contributed by atoms with Gasteiger partial charge in [-0.2, -0.15) is 0 Å². The molecule has 1 atom stereocenters. The second-order valence-corrected chi connectivity index (χ2v) is 3.48. The number of fused-ring (bicyclic) bond motifs is 1. The van der Waals surface area contributed by atoms with Crippen molar-refractivity contribution >= 4 is 11.0 Å². The monoisotopic (exact) mass is 174 g/mol. The molecule has 0 amide bonds. The number of aromatic amines is 1. The molecule has 0 spiro atoms. The minimum Gasteiger partial charge on any atom is -0.343 e. The number of pyridine rings is 1. The molecule has 1 N–H and O–H groups in total. The molecule has 0 bridgehead atoms. The van der Waals surface area contributed by atoms with Crippen LogP contribution in [0.1, 0.15) is 31.9 Å². The summed E-state index contributed by atoms with van der Waals surface area (Å²) in [5.74, 6) is 0.592. The van der Waals surface area contributed by atoms with E-state index in [1.165, 1.54) is 11.1 Å². The van der Waals surface area contributed by atoms with Gasteiger partial charge in [-0.3, -0.25) is 0 Å². The summed E-state index contributed by atoms with van der Waals surface area (Å²) in [6.45, 7) is 4.42. The number of hydrogen-bond acceptors (Lipinski definition) is 1. The SMILES string of the molecule is CCC(C)c1cc2cccnc2[nH]1. The Morgan fingerprint density at radius 2 is 2.38 bits per heavy atom. The van der Waals surface area contributed by atoms with Crippen LogP contribution in [0.25, 0.3) is 11.0 Å².